The molecule has 1 aromatic rings. The van der Waals surface area contributed by atoms with E-state index in [1.165, 1.54) is 31.2 Å². The molecule has 0 radical (unpaired) electrons. The molecule has 2 fully saturated rings. The summed E-state index contributed by atoms with van der Waals surface area (Å²) in [6.07, 6.45) is 5.15. The normalized spacial score (nSPS) is 30.5. The number of benzene rings is 1. The Kier molecular flexibility index (Phi) is 2.65. The number of carbonyl (C=O) groups is 1. The molecule has 2 aliphatic rings. The van der Waals surface area contributed by atoms with Gasteiger partial charge in [0.25, 0.3) is 0 Å². The third kappa shape index (κ3) is 2.08. The first-order valence-corrected chi connectivity index (χ1v) is 6.63. The van der Waals surface area contributed by atoms with Crippen molar-refractivity contribution in [1.82, 2.24) is 0 Å². The van der Waals surface area contributed by atoms with E-state index in [0.717, 1.165) is 5.69 Å². The van der Waals surface area contributed by atoms with Gasteiger partial charge in [0.15, 0.2) is 0 Å². The Morgan fingerprint density at radius 2 is 1.94 bits per heavy atom. The van der Waals surface area contributed by atoms with Crippen molar-refractivity contribution in [3.63, 3.8) is 0 Å². The molecule has 1 amide bonds. The van der Waals surface area contributed by atoms with Gasteiger partial charge in [-0.25, -0.2) is 0 Å². The fraction of sp³-hybridized carbons (Fsp3) is 0.533. The van der Waals surface area contributed by atoms with E-state index in [9.17, 15) is 4.79 Å². The van der Waals surface area contributed by atoms with Gasteiger partial charge in [0, 0.05) is 11.6 Å². The standard InChI is InChI=1S/C15H19NO/c1-10-5-4-6-11(9-10)16-15(17)14-12-7-2-3-8-13(12)14/h4-6,9,12-14H,2-3,7-8H2,1H3,(H,16,17)/t12-,13+,14?. The van der Waals surface area contributed by atoms with Crippen LogP contribution in [0.5, 0.6) is 0 Å². The number of hydrogen-bond donors (Lipinski definition) is 1. The lowest BCUT2D eigenvalue weighted by Gasteiger charge is -2.05. The van der Waals surface area contributed by atoms with Crippen molar-refractivity contribution in [2.75, 3.05) is 5.32 Å². The lowest BCUT2D eigenvalue weighted by molar-refractivity contribution is -0.117. The van der Waals surface area contributed by atoms with E-state index in [4.69, 9.17) is 0 Å². The molecule has 1 aromatic carbocycles. The quantitative estimate of drug-likeness (QED) is 0.827. The summed E-state index contributed by atoms with van der Waals surface area (Å²) in [5.74, 6) is 1.92. The van der Waals surface area contributed by atoms with Gasteiger partial charge in [-0.3, -0.25) is 4.79 Å². The maximum atomic E-state index is 12.1. The van der Waals surface area contributed by atoms with Crippen LogP contribution in [0.3, 0.4) is 0 Å². The van der Waals surface area contributed by atoms with Crippen LogP contribution < -0.4 is 5.32 Å². The third-order valence-corrected chi connectivity index (χ3v) is 4.24. The van der Waals surface area contributed by atoms with Crippen molar-refractivity contribution in [3.8, 4) is 0 Å². The van der Waals surface area contributed by atoms with Crippen molar-refractivity contribution in [2.24, 2.45) is 17.8 Å². The number of rotatable bonds is 2. The van der Waals surface area contributed by atoms with Gasteiger partial charge in [-0.05, 0) is 49.3 Å². The number of carbonyl (C=O) groups excluding carboxylic acids is 1. The van der Waals surface area contributed by atoms with Crippen LogP contribution in [-0.2, 0) is 4.79 Å². The molecule has 0 bridgehead atoms. The van der Waals surface area contributed by atoms with Crippen LogP contribution in [0.25, 0.3) is 0 Å². The highest BCUT2D eigenvalue weighted by Gasteiger charge is 2.54. The van der Waals surface area contributed by atoms with Gasteiger partial charge >= 0.3 is 0 Å². The van der Waals surface area contributed by atoms with E-state index >= 15 is 0 Å². The summed E-state index contributed by atoms with van der Waals surface area (Å²) in [6.45, 7) is 2.05. The zero-order valence-electron chi connectivity index (χ0n) is 10.3. The molecule has 2 heteroatoms. The van der Waals surface area contributed by atoms with E-state index in [2.05, 4.69) is 5.32 Å². The molecule has 17 heavy (non-hydrogen) atoms. The van der Waals surface area contributed by atoms with E-state index in [1.54, 1.807) is 0 Å². The van der Waals surface area contributed by atoms with Crippen LogP contribution in [0.15, 0.2) is 24.3 Å². The van der Waals surface area contributed by atoms with Crippen molar-refractivity contribution in [1.29, 1.82) is 0 Å². The average molecular weight is 229 g/mol. The number of aryl methyl sites for hydroxylation is 1. The number of fused-ring (bicyclic) bond motifs is 1. The topological polar surface area (TPSA) is 29.1 Å². The van der Waals surface area contributed by atoms with E-state index in [-0.39, 0.29) is 5.91 Å². The molecule has 2 aliphatic carbocycles. The van der Waals surface area contributed by atoms with Crippen molar-refractivity contribution in [2.45, 2.75) is 32.6 Å². The lowest BCUT2D eigenvalue weighted by atomic mass is 10.0. The van der Waals surface area contributed by atoms with Crippen LogP contribution >= 0.6 is 0 Å². The first-order chi connectivity index (χ1) is 8.25. The maximum absolute atomic E-state index is 12.1. The zero-order chi connectivity index (χ0) is 11.8. The number of hydrogen-bond acceptors (Lipinski definition) is 1. The molecule has 90 valence electrons. The molecule has 2 nitrogen and oxygen atoms in total. The molecule has 3 atom stereocenters. The van der Waals surface area contributed by atoms with Gasteiger partial charge in [-0.15, -0.1) is 0 Å². The molecule has 0 heterocycles. The fourth-order valence-electron chi connectivity index (χ4n) is 3.33. The molecule has 0 aromatic heterocycles. The molecule has 2 saturated carbocycles. The van der Waals surface area contributed by atoms with Gasteiger partial charge in [0.05, 0.1) is 0 Å². The minimum absolute atomic E-state index is 0.243. The molecular formula is C15H19NO. The molecule has 3 rings (SSSR count). The monoisotopic (exact) mass is 229 g/mol. The van der Waals surface area contributed by atoms with Gasteiger partial charge < -0.3 is 5.32 Å². The zero-order valence-corrected chi connectivity index (χ0v) is 10.3. The summed E-state index contributed by atoms with van der Waals surface area (Å²) in [7, 11) is 0. The first-order valence-electron chi connectivity index (χ1n) is 6.63. The number of amides is 1. The van der Waals surface area contributed by atoms with Gasteiger partial charge in [0.2, 0.25) is 5.91 Å². The van der Waals surface area contributed by atoms with E-state index in [1.807, 2.05) is 31.2 Å². The highest BCUT2D eigenvalue weighted by atomic mass is 16.2. The van der Waals surface area contributed by atoms with E-state index in [0.29, 0.717) is 17.8 Å². The second kappa shape index (κ2) is 4.17. The molecule has 0 spiro atoms. The smallest absolute Gasteiger partial charge is 0.228 e. The average Bonchev–Trinajstić information content (AvgIpc) is 3.03. The Morgan fingerprint density at radius 1 is 1.24 bits per heavy atom. The SMILES string of the molecule is Cc1cccc(NC(=O)C2[C@H]3CCCC[C@@H]23)c1. The summed E-state index contributed by atoms with van der Waals surface area (Å²) < 4.78 is 0. The van der Waals surface area contributed by atoms with Crippen molar-refractivity contribution >= 4 is 11.6 Å². The van der Waals surface area contributed by atoms with E-state index < -0.39 is 0 Å². The van der Waals surface area contributed by atoms with Crippen LogP contribution in [0.2, 0.25) is 0 Å². The van der Waals surface area contributed by atoms with Gasteiger partial charge in [0.1, 0.15) is 0 Å². The van der Waals surface area contributed by atoms with Crippen LogP contribution in [0.4, 0.5) is 5.69 Å². The predicted octanol–water partition coefficient (Wildman–Crippen LogP) is 3.37. The maximum Gasteiger partial charge on any atom is 0.228 e. The Labute approximate surface area is 102 Å². The third-order valence-electron chi connectivity index (χ3n) is 4.24. The highest BCUT2D eigenvalue weighted by molar-refractivity contribution is 5.94. The Morgan fingerprint density at radius 3 is 2.59 bits per heavy atom. The summed E-state index contributed by atoms with van der Waals surface area (Å²) >= 11 is 0. The van der Waals surface area contributed by atoms with Crippen LogP contribution in [0, 0.1) is 24.7 Å². The highest BCUT2D eigenvalue weighted by Crippen LogP contribution is 2.55. The fourth-order valence-corrected chi connectivity index (χ4v) is 3.33. The van der Waals surface area contributed by atoms with Crippen LogP contribution in [-0.4, -0.2) is 5.91 Å². The minimum Gasteiger partial charge on any atom is -0.326 e. The molecule has 1 N–H and O–H groups in total. The second-order valence-corrected chi connectivity index (χ2v) is 5.50. The van der Waals surface area contributed by atoms with Gasteiger partial charge in [-0.2, -0.15) is 0 Å². The van der Waals surface area contributed by atoms with Crippen LogP contribution in [0.1, 0.15) is 31.2 Å². The predicted molar refractivity (Wildman–Crippen MR) is 68.7 cm³/mol. The molecular weight excluding hydrogens is 210 g/mol. The first kappa shape index (κ1) is 10.8. The molecule has 0 aliphatic heterocycles. The van der Waals surface area contributed by atoms with Crippen molar-refractivity contribution < 1.29 is 4.79 Å². The Hall–Kier alpha value is -1.31. The lowest BCUT2D eigenvalue weighted by Crippen LogP contribution is -2.15. The second-order valence-electron chi connectivity index (χ2n) is 5.50. The minimum atomic E-state index is 0.243. The number of nitrogens with one attached hydrogen (secondary N) is 1. The van der Waals surface area contributed by atoms with Gasteiger partial charge in [-0.1, -0.05) is 25.0 Å². The largest absolute Gasteiger partial charge is 0.326 e. The van der Waals surface area contributed by atoms with Crippen molar-refractivity contribution in [3.05, 3.63) is 29.8 Å². The number of anilines is 1. The summed E-state index contributed by atoms with van der Waals surface area (Å²) in [6, 6.07) is 8.04. The molecule has 1 unspecified atom stereocenters. The Bertz CT molecular complexity index is 428. The summed E-state index contributed by atoms with van der Waals surface area (Å²) in [5, 5.41) is 3.06. The Balaban J connectivity index is 1.64. The molecule has 0 saturated heterocycles. The summed E-state index contributed by atoms with van der Waals surface area (Å²) in [5.41, 5.74) is 2.13. The summed E-state index contributed by atoms with van der Waals surface area (Å²) in [4.78, 5) is 12.1.